The van der Waals surface area contributed by atoms with E-state index in [-0.39, 0.29) is 13.0 Å². The third-order valence-corrected chi connectivity index (χ3v) is 2.23. The summed E-state index contributed by atoms with van der Waals surface area (Å²) in [5, 5.41) is 18.6. The van der Waals surface area contributed by atoms with Gasteiger partial charge in [-0.1, -0.05) is 12.1 Å². The Hall–Kier alpha value is -1.39. The van der Waals surface area contributed by atoms with Gasteiger partial charge in [0.25, 0.3) is 0 Å². The minimum atomic E-state index is -1.33. The van der Waals surface area contributed by atoms with Gasteiger partial charge in [0.05, 0.1) is 6.10 Å². The van der Waals surface area contributed by atoms with Gasteiger partial charge in [0.1, 0.15) is 18.0 Å². The van der Waals surface area contributed by atoms with Gasteiger partial charge < -0.3 is 19.7 Å². The lowest BCUT2D eigenvalue weighted by atomic mass is 9.98. The largest absolute Gasteiger partial charge is 0.491 e. The highest BCUT2D eigenvalue weighted by Gasteiger charge is 2.19. The molecule has 1 aromatic rings. The van der Waals surface area contributed by atoms with Gasteiger partial charge in [-0.15, -0.1) is 0 Å². The van der Waals surface area contributed by atoms with Crippen LogP contribution < -0.4 is 4.74 Å². The molecule has 0 fully saturated rings. The predicted molar refractivity (Wildman–Crippen MR) is 64.0 cm³/mol. The topological polar surface area (TPSA) is 66.8 Å². The lowest BCUT2D eigenvalue weighted by Gasteiger charge is -2.15. The minimum Gasteiger partial charge on any atom is -0.491 e. The predicted octanol–water partition coefficient (Wildman–Crippen LogP) is 0.939. The summed E-state index contributed by atoms with van der Waals surface area (Å²) in [6, 6.07) is 7.07. The smallest absolute Gasteiger partial charge is 0.151 e. The molecule has 0 spiro atoms. The maximum atomic E-state index is 10.6. The van der Waals surface area contributed by atoms with E-state index in [2.05, 4.69) is 0 Å². The molecule has 17 heavy (non-hydrogen) atoms. The third-order valence-electron chi connectivity index (χ3n) is 2.23. The number of aldehydes is 1. The molecular weight excluding hydrogens is 220 g/mol. The molecule has 1 aromatic carbocycles. The van der Waals surface area contributed by atoms with Gasteiger partial charge in [-0.2, -0.15) is 0 Å². The van der Waals surface area contributed by atoms with Crippen molar-refractivity contribution in [1.29, 1.82) is 0 Å². The number of carbonyl (C=O) groups is 1. The fourth-order valence-electron chi connectivity index (χ4n) is 1.38. The Labute approximate surface area is 101 Å². The molecule has 4 heteroatoms. The number of hydrogen-bond acceptors (Lipinski definition) is 4. The first kappa shape index (κ1) is 13.7. The van der Waals surface area contributed by atoms with Crippen LogP contribution >= 0.6 is 0 Å². The minimum absolute atomic E-state index is 0.241. The first-order valence-electron chi connectivity index (χ1n) is 5.51. The number of rotatable bonds is 6. The molecule has 0 amide bonds. The van der Waals surface area contributed by atoms with Crippen LogP contribution in [0.1, 0.15) is 19.4 Å². The van der Waals surface area contributed by atoms with Crippen LogP contribution in [0.2, 0.25) is 0 Å². The Kier molecular flexibility index (Phi) is 4.66. The first-order valence-corrected chi connectivity index (χ1v) is 5.51. The zero-order valence-electron chi connectivity index (χ0n) is 10.1. The Morgan fingerprint density at radius 2 is 2.00 bits per heavy atom. The second-order valence-corrected chi connectivity index (χ2v) is 4.46. The molecule has 0 radical (unpaired) electrons. The number of aliphatic hydroxyl groups excluding tert-OH is 1. The number of ether oxygens (including phenoxy) is 1. The number of hydrogen-bond donors (Lipinski definition) is 2. The second kappa shape index (κ2) is 5.80. The van der Waals surface area contributed by atoms with Crippen LogP contribution in [-0.2, 0) is 11.2 Å². The number of aliphatic hydroxyl groups is 2. The highest BCUT2D eigenvalue weighted by atomic mass is 16.5. The lowest BCUT2D eigenvalue weighted by molar-refractivity contribution is -0.122. The van der Waals surface area contributed by atoms with Crippen molar-refractivity contribution >= 4 is 6.29 Å². The van der Waals surface area contributed by atoms with Crippen molar-refractivity contribution < 1.29 is 19.7 Å². The van der Waals surface area contributed by atoms with Gasteiger partial charge in [-0.25, -0.2) is 0 Å². The Morgan fingerprint density at radius 3 is 2.47 bits per heavy atom. The van der Waals surface area contributed by atoms with E-state index in [1.54, 1.807) is 31.2 Å². The SMILES string of the molecule is CC(O)COc1ccc(CC(C)(O)C=O)cc1. The van der Waals surface area contributed by atoms with E-state index in [9.17, 15) is 9.90 Å². The molecule has 0 heterocycles. The Bertz CT molecular complexity index is 354. The van der Waals surface area contributed by atoms with Crippen LogP contribution in [0.25, 0.3) is 0 Å². The van der Waals surface area contributed by atoms with Crippen LogP contribution in [0.4, 0.5) is 0 Å². The van der Waals surface area contributed by atoms with Crippen LogP contribution in [0.15, 0.2) is 24.3 Å². The highest BCUT2D eigenvalue weighted by molar-refractivity contribution is 5.62. The summed E-state index contributed by atoms with van der Waals surface area (Å²) in [5.74, 6) is 0.653. The average Bonchev–Trinajstić information content (AvgIpc) is 2.28. The maximum Gasteiger partial charge on any atom is 0.151 e. The molecule has 2 unspecified atom stereocenters. The molecule has 0 saturated heterocycles. The molecule has 94 valence electrons. The van der Waals surface area contributed by atoms with Gasteiger partial charge in [-0.05, 0) is 31.5 Å². The van der Waals surface area contributed by atoms with E-state index in [0.29, 0.717) is 12.0 Å². The van der Waals surface area contributed by atoms with E-state index >= 15 is 0 Å². The molecule has 2 N–H and O–H groups in total. The summed E-state index contributed by atoms with van der Waals surface area (Å²) in [6.45, 7) is 3.36. The van der Waals surface area contributed by atoms with E-state index in [1.807, 2.05) is 0 Å². The quantitative estimate of drug-likeness (QED) is 0.724. The molecule has 0 bridgehead atoms. The summed E-state index contributed by atoms with van der Waals surface area (Å²) in [5.41, 5.74) is -0.478. The first-order chi connectivity index (χ1) is 7.93. The molecule has 0 aliphatic carbocycles. The fraction of sp³-hybridized carbons (Fsp3) is 0.462. The van der Waals surface area contributed by atoms with Gasteiger partial charge in [0, 0.05) is 6.42 Å². The average molecular weight is 238 g/mol. The molecular formula is C13H18O4. The number of benzene rings is 1. The number of carbonyl (C=O) groups excluding carboxylic acids is 1. The molecule has 0 aliphatic rings. The molecule has 0 saturated carbocycles. The fourth-order valence-corrected chi connectivity index (χ4v) is 1.38. The molecule has 1 rings (SSSR count). The summed E-state index contributed by atoms with van der Waals surface area (Å²) in [4.78, 5) is 10.6. The monoisotopic (exact) mass is 238 g/mol. The van der Waals surface area contributed by atoms with Crippen LogP contribution in [-0.4, -0.2) is 34.8 Å². The van der Waals surface area contributed by atoms with E-state index in [4.69, 9.17) is 9.84 Å². The van der Waals surface area contributed by atoms with Crippen LogP contribution in [0.3, 0.4) is 0 Å². The van der Waals surface area contributed by atoms with Crippen LogP contribution in [0, 0.1) is 0 Å². The normalized spacial score (nSPS) is 16.0. The zero-order chi connectivity index (χ0) is 12.9. The van der Waals surface area contributed by atoms with Gasteiger partial charge >= 0.3 is 0 Å². The van der Waals surface area contributed by atoms with E-state index in [0.717, 1.165) is 5.56 Å². The highest BCUT2D eigenvalue weighted by Crippen LogP contribution is 2.16. The van der Waals surface area contributed by atoms with Gasteiger partial charge in [0.15, 0.2) is 6.29 Å². The van der Waals surface area contributed by atoms with Gasteiger partial charge in [0.2, 0.25) is 0 Å². The van der Waals surface area contributed by atoms with Crippen molar-refractivity contribution in [3.8, 4) is 5.75 Å². The molecule has 2 atom stereocenters. The standard InChI is InChI=1S/C13H18O4/c1-10(15)8-17-12-5-3-11(4-6-12)7-13(2,16)9-14/h3-6,9-10,15-16H,7-8H2,1-2H3. The Balaban J connectivity index is 2.59. The summed E-state index contributed by atoms with van der Waals surface area (Å²) in [7, 11) is 0. The molecule has 4 nitrogen and oxygen atoms in total. The second-order valence-electron chi connectivity index (χ2n) is 4.46. The molecule has 0 aromatic heterocycles. The Morgan fingerprint density at radius 1 is 1.41 bits per heavy atom. The van der Waals surface area contributed by atoms with Crippen molar-refractivity contribution in [2.24, 2.45) is 0 Å². The summed E-state index contributed by atoms with van der Waals surface area (Å²) in [6.07, 6.45) is 0.295. The van der Waals surface area contributed by atoms with Crippen molar-refractivity contribution in [3.05, 3.63) is 29.8 Å². The van der Waals surface area contributed by atoms with Crippen molar-refractivity contribution in [3.63, 3.8) is 0 Å². The molecule has 0 aliphatic heterocycles. The maximum absolute atomic E-state index is 10.6. The van der Waals surface area contributed by atoms with Gasteiger partial charge in [-0.3, -0.25) is 0 Å². The third kappa shape index (κ3) is 4.97. The van der Waals surface area contributed by atoms with Crippen molar-refractivity contribution in [2.75, 3.05) is 6.61 Å². The zero-order valence-corrected chi connectivity index (χ0v) is 10.1. The lowest BCUT2D eigenvalue weighted by Crippen LogP contribution is -2.28. The summed E-state index contributed by atoms with van der Waals surface area (Å²) >= 11 is 0. The van der Waals surface area contributed by atoms with Crippen molar-refractivity contribution in [2.45, 2.75) is 32.0 Å². The van der Waals surface area contributed by atoms with E-state index in [1.165, 1.54) is 6.92 Å². The summed E-state index contributed by atoms with van der Waals surface area (Å²) < 4.78 is 5.30. The van der Waals surface area contributed by atoms with Crippen LogP contribution in [0.5, 0.6) is 5.75 Å². The van der Waals surface area contributed by atoms with Crippen molar-refractivity contribution in [1.82, 2.24) is 0 Å². The van der Waals surface area contributed by atoms with E-state index < -0.39 is 11.7 Å².